The SMILES string of the molecule is [O-]C1=c2ccccc2=C([O-])C1=C1N=c2ccccc2=N1. The molecule has 0 spiro atoms. The lowest BCUT2D eigenvalue weighted by atomic mass is 10.2. The molecule has 2 aliphatic rings. The van der Waals surface area contributed by atoms with Crippen LogP contribution < -0.4 is 31.4 Å². The van der Waals surface area contributed by atoms with Gasteiger partial charge in [-0.15, -0.1) is 0 Å². The average molecular weight is 260 g/mol. The van der Waals surface area contributed by atoms with Gasteiger partial charge in [-0.2, -0.15) is 0 Å². The van der Waals surface area contributed by atoms with Crippen LogP contribution in [0.25, 0.3) is 11.5 Å². The van der Waals surface area contributed by atoms with Crippen molar-refractivity contribution in [2.75, 3.05) is 0 Å². The molecular weight excluding hydrogens is 252 g/mol. The zero-order valence-electron chi connectivity index (χ0n) is 10.3. The van der Waals surface area contributed by atoms with Crippen LogP contribution in [0, 0.1) is 0 Å². The largest absolute Gasteiger partial charge is 0.872 e. The highest BCUT2D eigenvalue weighted by molar-refractivity contribution is 5.81. The van der Waals surface area contributed by atoms with E-state index in [1.165, 1.54) is 0 Å². The van der Waals surface area contributed by atoms with Gasteiger partial charge >= 0.3 is 0 Å². The summed E-state index contributed by atoms with van der Waals surface area (Å²) in [5.41, 5.74) is 0.0717. The van der Waals surface area contributed by atoms with Gasteiger partial charge in [0.25, 0.3) is 0 Å². The molecule has 4 heteroatoms. The van der Waals surface area contributed by atoms with Crippen LogP contribution in [0.3, 0.4) is 0 Å². The monoisotopic (exact) mass is 260 g/mol. The molecule has 0 bridgehead atoms. The summed E-state index contributed by atoms with van der Waals surface area (Å²) >= 11 is 0. The van der Waals surface area contributed by atoms with E-state index >= 15 is 0 Å². The molecule has 0 fully saturated rings. The van der Waals surface area contributed by atoms with E-state index in [2.05, 4.69) is 9.98 Å². The smallest absolute Gasteiger partial charge is 0.159 e. The second-order valence-electron chi connectivity index (χ2n) is 4.61. The molecule has 20 heavy (non-hydrogen) atoms. The molecule has 0 aromatic heterocycles. The number of hydrogen-bond acceptors (Lipinski definition) is 4. The van der Waals surface area contributed by atoms with Crippen molar-refractivity contribution < 1.29 is 10.2 Å². The first-order valence-corrected chi connectivity index (χ1v) is 6.21. The summed E-state index contributed by atoms with van der Waals surface area (Å²) < 4.78 is 0. The van der Waals surface area contributed by atoms with Gasteiger partial charge in [0.1, 0.15) is 0 Å². The molecule has 0 saturated heterocycles. The minimum atomic E-state index is -0.291. The van der Waals surface area contributed by atoms with Crippen LogP contribution in [0.1, 0.15) is 0 Å². The summed E-state index contributed by atoms with van der Waals surface area (Å²) in [5.74, 6) is -0.362. The molecule has 0 atom stereocenters. The Morgan fingerprint density at radius 1 is 0.650 bits per heavy atom. The van der Waals surface area contributed by atoms with Crippen LogP contribution in [-0.2, 0) is 0 Å². The Labute approximate surface area is 113 Å². The number of nitrogens with zero attached hydrogens (tertiary/aromatic N) is 2. The molecule has 0 amide bonds. The highest BCUT2D eigenvalue weighted by Crippen LogP contribution is 2.21. The van der Waals surface area contributed by atoms with Crippen LogP contribution in [0.4, 0.5) is 0 Å². The van der Waals surface area contributed by atoms with Crippen molar-refractivity contribution in [3.8, 4) is 0 Å². The Kier molecular flexibility index (Phi) is 2.09. The van der Waals surface area contributed by atoms with Crippen molar-refractivity contribution in [3.63, 3.8) is 0 Å². The first-order valence-electron chi connectivity index (χ1n) is 6.21. The lowest BCUT2D eigenvalue weighted by Crippen LogP contribution is -2.27. The predicted molar refractivity (Wildman–Crippen MR) is 68.3 cm³/mol. The molecule has 0 N–H and O–H groups in total. The van der Waals surface area contributed by atoms with E-state index in [-0.39, 0.29) is 22.9 Å². The van der Waals surface area contributed by atoms with Gasteiger partial charge in [-0.25, -0.2) is 9.98 Å². The Morgan fingerprint density at radius 3 is 1.60 bits per heavy atom. The van der Waals surface area contributed by atoms with E-state index in [4.69, 9.17) is 0 Å². The summed E-state index contributed by atoms with van der Waals surface area (Å²) in [6.07, 6.45) is 0. The van der Waals surface area contributed by atoms with Crippen molar-refractivity contribution in [1.82, 2.24) is 0 Å². The summed E-state index contributed by atoms with van der Waals surface area (Å²) in [6, 6.07) is 14.1. The molecular formula is C16H8N2O2-2. The van der Waals surface area contributed by atoms with E-state index < -0.39 is 0 Å². The van der Waals surface area contributed by atoms with E-state index in [1.54, 1.807) is 24.3 Å². The van der Waals surface area contributed by atoms with Gasteiger partial charge in [0, 0.05) is 5.57 Å². The van der Waals surface area contributed by atoms with Crippen LogP contribution in [-0.4, -0.2) is 0 Å². The first-order chi connectivity index (χ1) is 9.75. The van der Waals surface area contributed by atoms with E-state index in [0.717, 1.165) is 0 Å². The van der Waals surface area contributed by atoms with Gasteiger partial charge in [-0.3, -0.25) is 0 Å². The summed E-state index contributed by atoms with van der Waals surface area (Å²) in [7, 11) is 0. The third-order valence-corrected chi connectivity index (χ3v) is 3.43. The molecule has 1 aliphatic carbocycles. The van der Waals surface area contributed by atoms with E-state index in [1.807, 2.05) is 24.3 Å². The van der Waals surface area contributed by atoms with Crippen molar-refractivity contribution in [2.45, 2.75) is 0 Å². The second kappa shape index (κ2) is 3.81. The summed E-state index contributed by atoms with van der Waals surface area (Å²) in [5, 5.41) is 26.9. The zero-order chi connectivity index (χ0) is 13.7. The molecule has 4 nitrogen and oxygen atoms in total. The van der Waals surface area contributed by atoms with Crippen LogP contribution in [0.5, 0.6) is 0 Å². The van der Waals surface area contributed by atoms with Crippen LogP contribution >= 0.6 is 0 Å². The number of benzene rings is 2. The molecule has 0 saturated carbocycles. The molecule has 1 aliphatic heterocycles. The Bertz CT molecular complexity index is 937. The third-order valence-electron chi connectivity index (χ3n) is 3.43. The van der Waals surface area contributed by atoms with Gasteiger partial charge in [0.2, 0.25) is 0 Å². The zero-order valence-corrected chi connectivity index (χ0v) is 10.3. The fourth-order valence-corrected chi connectivity index (χ4v) is 2.47. The number of fused-ring (bicyclic) bond motifs is 2. The summed E-state index contributed by atoms with van der Waals surface area (Å²) in [4.78, 5) is 8.58. The standard InChI is InChI=1S/C16H10N2O2/c19-14-9-5-1-2-6-10(9)15(20)13(14)16-17-11-7-3-4-8-12(11)18-16/h1-8,19-20H/p-2. The van der Waals surface area contributed by atoms with E-state index in [9.17, 15) is 10.2 Å². The lowest BCUT2D eigenvalue weighted by molar-refractivity contribution is -0.257. The molecule has 2 aromatic rings. The molecule has 2 aromatic carbocycles. The average Bonchev–Trinajstić information content (AvgIpc) is 3.00. The van der Waals surface area contributed by atoms with Gasteiger partial charge in [-0.05, 0) is 22.6 Å². The van der Waals surface area contributed by atoms with Gasteiger partial charge < -0.3 is 10.2 Å². The van der Waals surface area contributed by atoms with Crippen molar-refractivity contribution >= 4 is 11.5 Å². The topological polar surface area (TPSA) is 70.8 Å². The maximum Gasteiger partial charge on any atom is 0.159 e. The fourth-order valence-electron chi connectivity index (χ4n) is 2.47. The maximum absolute atomic E-state index is 12.3. The normalized spacial score (nSPS) is 15.8. The van der Waals surface area contributed by atoms with Crippen molar-refractivity contribution in [1.29, 1.82) is 0 Å². The Hall–Kier alpha value is -2.88. The lowest BCUT2D eigenvalue weighted by Gasteiger charge is -2.18. The highest BCUT2D eigenvalue weighted by Gasteiger charge is 2.13. The number of rotatable bonds is 0. The van der Waals surface area contributed by atoms with Gasteiger partial charge in [-0.1, -0.05) is 47.9 Å². The Morgan fingerprint density at radius 2 is 1.10 bits per heavy atom. The quantitative estimate of drug-likeness (QED) is 0.539. The third kappa shape index (κ3) is 1.36. The fraction of sp³-hybridized carbons (Fsp3) is 0. The molecule has 0 radical (unpaired) electrons. The number of para-hydroxylation sites is 2. The molecule has 1 heterocycles. The summed E-state index contributed by atoms with van der Waals surface area (Å²) in [6.45, 7) is 0. The van der Waals surface area contributed by atoms with Gasteiger partial charge in [0.05, 0.1) is 10.7 Å². The van der Waals surface area contributed by atoms with E-state index in [0.29, 0.717) is 21.2 Å². The molecule has 0 unspecified atom stereocenters. The molecule has 96 valence electrons. The minimum Gasteiger partial charge on any atom is -0.872 e. The first kappa shape index (κ1) is 11.0. The minimum absolute atomic E-state index is 0.0717. The molecule has 4 rings (SSSR count). The highest BCUT2D eigenvalue weighted by atomic mass is 16.3. The van der Waals surface area contributed by atoms with Gasteiger partial charge in [0.15, 0.2) is 5.82 Å². The van der Waals surface area contributed by atoms with Crippen LogP contribution in [0.15, 0.2) is 69.9 Å². The Balaban J connectivity index is 2.11. The van der Waals surface area contributed by atoms with Crippen LogP contribution in [0.2, 0.25) is 0 Å². The van der Waals surface area contributed by atoms with Crippen molar-refractivity contribution in [2.24, 2.45) is 9.98 Å². The maximum atomic E-state index is 12.3. The second-order valence-corrected chi connectivity index (χ2v) is 4.61. The predicted octanol–water partition coefficient (Wildman–Crippen LogP) is -2.20. The number of hydrogen-bond donors (Lipinski definition) is 0. The van der Waals surface area contributed by atoms with Crippen molar-refractivity contribution in [3.05, 3.63) is 81.1 Å².